The first-order valence-corrected chi connectivity index (χ1v) is 6.67. The molecule has 1 heterocycles. The summed E-state index contributed by atoms with van der Waals surface area (Å²) in [4.78, 5) is 15.7. The van der Waals surface area contributed by atoms with Gasteiger partial charge in [0.2, 0.25) is 0 Å². The summed E-state index contributed by atoms with van der Waals surface area (Å²) >= 11 is 0. The third-order valence-electron chi connectivity index (χ3n) is 2.92. The Kier molecular flexibility index (Phi) is 5.75. The van der Waals surface area contributed by atoms with E-state index in [4.69, 9.17) is 4.74 Å². The van der Waals surface area contributed by atoms with E-state index in [2.05, 4.69) is 32.7 Å². The number of amides is 1. The molecule has 17 heavy (non-hydrogen) atoms. The highest BCUT2D eigenvalue weighted by molar-refractivity contribution is 5.69. The maximum atomic E-state index is 11.6. The van der Waals surface area contributed by atoms with Crippen LogP contribution in [0.4, 0.5) is 4.79 Å². The van der Waals surface area contributed by atoms with E-state index in [1.807, 2.05) is 4.90 Å². The lowest BCUT2D eigenvalue weighted by atomic mass is 10.2. The molecule has 0 aromatic rings. The van der Waals surface area contributed by atoms with E-state index in [1.165, 1.54) is 0 Å². The van der Waals surface area contributed by atoms with Crippen molar-refractivity contribution in [2.75, 3.05) is 33.2 Å². The molecule has 1 atom stereocenters. The number of cyclic esters (lactones) is 1. The zero-order valence-corrected chi connectivity index (χ0v) is 11.6. The SMILES string of the molecule is CCCCN1C[C@@H](CN(C)CC(C)C)OC1=O. The lowest BCUT2D eigenvalue weighted by Gasteiger charge is -2.21. The van der Waals surface area contributed by atoms with Crippen LogP contribution in [0.5, 0.6) is 0 Å². The summed E-state index contributed by atoms with van der Waals surface area (Å²) < 4.78 is 5.37. The molecule has 1 amide bonds. The Morgan fingerprint density at radius 1 is 1.53 bits per heavy atom. The molecule has 0 radical (unpaired) electrons. The van der Waals surface area contributed by atoms with Crippen LogP contribution >= 0.6 is 0 Å². The van der Waals surface area contributed by atoms with Gasteiger partial charge < -0.3 is 14.5 Å². The highest BCUT2D eigenvalue weighted by Crippen LogP contribution is 2.13. The van der Waals surface area contributed by atoms with Crippen molar-refractivity contribution in [1.82, 2.24) is 9.80 Å². The molecule has 4 heteroatoms. The largest absolute Gasteiger partial charge is 0.443 e. The Hall–Kier alpha value is -0.770. The van der Waals surface area contributed by atoms with Gasteiger partial charge in [-0.2, -0.15) is 0 Å². The molecular weight excluding hydrogens is 216 g/mol. The number of likely N-dealkylation sites (N-methyl/N-ethyl adjacent to an activating group) is 1. The molecule has 0 saturated carbocycles. The molecule has 1 aliphatic rings. The van der Waals surface area contributed by atoms with Crippen molar-refractivity contribution in [2.45, 2.75) is 39.7 Å². The summed E-state index contributed by atoms with van der Waals surface area (Å²) in [7, 11) is 2.09. The molecule has 0 N–H and O–H groups in total. The van der Waals surface area contributed by atoms with E-state index < -0.39 is 0 Å². The second-order valence-corrected chi connectivity index (χ2v) is 5.42. The zero-order valence-electron chi connectivity index (χ0n) is 11.6. The first-order valence-electron chi connectivity index (χ1n) is 6.67. The molecular formula is C13H26N2O2. The first kappa shape index (κ1) is 14.3. The van der Waals surface area contributed by atoms with Crippen LogP contribution in [-0.2, 0) is 4.74 Å². The van der Waals surface area contributed by atoms with Crippen molar-refractivity contribution in [1.29, 1.82) is 0 Å². The summed E-state index contributed by atoms with van der Waals surface area (Å²) in [5.74, 6) is 0.647. The van der Waals surface area contributed by atoms with Gasteiger partial charge in [0.15, 0.2) is 0 Å². The molecule has 1 fully saturated rings. The molecule has 0 unspecified atom stereocenters. The van der Waals surface area contributed by atoms with Crippen LogP contribution in [0.25, 0.3) is 0 Å². The van der Waals surface area contributed by atoms with Crippen LogP contribution in [0.2, 0.25) is 0 Å². The summed E-state index contributed by atoms with van der Waals surface area (Å²) in [6.45, 7) is 10.0. The van der Waals surface area contributed by atoms with Gasteiger partial charge in [0.05, 0.1) is 6.54 Å². The highest BCUT2D eigenvalue weighted by atomic mass is 16.6. The van der Waals surface area contributed by atoms with Gasteiger partial charge in [-0.25, -0.2) is 4.79 Å². The Balaban J connectivity index is 2.30. The molecule has 0 aromatic carbocycles. The monoisotopic (exact) mass is 242 g/mol. The van der Waals surface area contributed by atoms with Crippen LogP contribution in [0.3, 0.4) is 0 Å². The Morgan fingerprint density at radius 3 is 2.82 bits per heavy atom. The maximum absolute atomic E-state index is 11.6. The fourth-order valence-electron chi connectivity index (χ4n) is 2.25. The Morgan fingerprint density at radius 2 is 2.24 bits per heavy atom. The number of nitrogens with zero attached hydrogens (tertiary/aromatic N) is 2. The third-order valence-corrected chi connectivity index (χ3v) is 2.92. The van der Waals surface area contributed by atoms with Crippen LogP contribution in [0.1, 0.15) is 33.6 Å². The number of carbonyl (C=O) groups is 1. The summed E-state index contributed by atoms with van der Waals surface area (Å²) in [5.41, 5.74) is 0. The average molecular weight is 242 g/mol. The van der Waals surface area contributed by atoms with Crippen molar-refractivity contribution in [3.63, 3.8) is 0 Å². The number of rotatable bonds is 7. The number of ether oxygens (including phenoxy) is 1. The molecule has 0 aliphatic carbocycles. The molecule has 0 aromatic heterocycles. The number of hydrogen-bond donors (Lipinski definition) is 0. The van der Waals surface area contributed by atoms with Crippen molar-refractivity contribution in [2.24, 2.45) is 5.92 Å². The maximum Gasteiger partial charge on any atom is 0.410 e. The highest BCUT2D eigenvalue weighted by Gasteiger charge is 2.31. The molecule has 1 aliphatic heterocycles. The average Bonchev–Trinajstić information content (AvgIpc) is 2.54. The molecule has 0 bridgehead atoms. The molecule has 1 saturated heterocycles. The van der Waals surface area contributed by atoms with Gasteiger partial charge in [-0.1, -0.05) is 27.2 Å². The number of unbranched alkanes of at least 4 members (excludes halogenated alkanes) is 1. The van der Waals surface area contributed by atoms with Crippen LogP contribution < -0.4 is 0 Å². The minimum Gasteiger partial charge on any atom is -0.443 e. The lowest BCUT2D eigenvalue weighted by molar-refractivity contribution is 0.110. The van der Waals surface area contributed by atoms with E-state index in [9.17, 15) is 4.79 Å². The van der Waals surface area contributed by atoms with Crippen LogP contribution in [0.15, 0.2) is 0 Å². The third kappa shape index (κ3) is 4.94. The van der Waals surface area contributed by atoms with Gasteiger partial charge in [-0.05, 0) is 19.4 Å². The predicted octanol–water partition coefficient (Wildman–Crippen LogP) is 2.20. The zero-order chi connectivity index (χ0) is 12.8. The number of hydrogen-bond acceptors (Lipinski definition) is 3. The lowest BCUT2D eigenvalue weighted by Crippen LogP contribution is -2.34. The minimum atomic E-state index is -0.138. The first-order chi connectivity index (χ1) is 8.02. The Bertz CT molecular complexity index is 244. The molecule has 0 spiro atoms. The van der Waals surface area contributed by atoms with Gasteiger partial charge >= 0.3 is 6.09 Å². The van der Waals surface area contributed by atoms with E-state index in [-0.39, 0.29) is 12.2 Å². The fourth-order valence-corrected chi connectivity index (χ4v) is 2.25. The minimum absolute atomic E-state index is 0.0445. The van der Waals surface area contributed by atoms with Crippen molar-refractivity contribution >= 4 is 6.09 Å². The predicted molar refractivity (Wildman–Crippen MR) is 69.1 cm³/mol. The fraction of sp³-hybridized carbons (Fsp3) is 0.923. The van der Waals surface area contributed by atoms with Gasteiger partial charge in [0, 0.05) is 19.6 Å². The van der Waals surface area contributed by atoms with E-state index >= 15 is 0 Å². The quantitative estimate of drug-likeness (QED) is 0.686. The molecule has 4 nitrogen and oxygen atoms in total. The summed E-state index contributed by atoms with van der Waals surface area (Å²) in [6, 6.07) is 0. The van der Waals surface area contributed by atoms with Gasteiger partial charge in [0.25, 0.3) is 0 Å². The molecule has 1 rings (SSSR count). The summed E-state index contributed by atoms with van der Waals surface area (Å²) in [5, 5.41) is 0. The van der Waals surface area contributed by atoms with Gasteiger partial charge in [-0.15, -0.1) is 0 Å². The van der Waals surface area contributed by atoms with Crippen LogP contribution in [-0.4, -0.2) is 55.2 Å². The topological polar surface area (TPSA) is 32.8 Å². The summed E-state index contributed by atoms with van der Waals surface area (Å²) in [6.07, 6.45) is 2.08. The van der Waals surface area contributed by atoms with E-state index in [0.717, 1.165) is 39.0 Å². The second kappa shape index (κ2) is 6.84. The van der Waals surface area contributed by atoms with E-state index in [1.54, 1.807) is 0 Å². The number of carbonyl (C=O) groups excluding carboxylic acids is 1. The smallest absolute Gasteiger partial charge is 0.410 e. The van der Waals surface area contributed by atoms with E-state index in [0.29, 0.717) is 5.92 Å². The second-order valence-electron chi connectivity index (χ2n) is 5.42. The standard InChI is InChI=1S/C13H26N2O2/c1-5-6-7-15-10-12(17-13(15)16)9-14(4)8-11(2)3/h11-12H,5-10H2,1-4H3/t12-/m1/s1. The van der Waals surface area contributed by atoms with Gasteiger partial charge in [0.1, 0.15) is 6.10 Å². The normalized spacial score (nSPS) is 20.5. The van der Waals surface area contributed by atoms with Crippen molar-refractivity contribution < 1.29 is 9.53 Å². The van der Waals surface area contributed by atoms with Gasteiger partial charge in [-0.3, -0.25) is 0 Å². The van der Waals surface area contributed by atoms with Crippen molar-refractivity contribution in [3.8, 4) is 0 Å². The molecule has 100 valence electrons. The van der Waals surface area contributed by atoms with Crippen molar-refractivity contribution in [3.05, 3.63) is 0 Å². The Labute approximate surface area is 105 Å². The van der Waals surface area contributed by atoms with Crippen LogP contribution in [0, 0.1) is 5.92 Å².